The lowest BCUT2D eigenvalue weighted by atomic mass is 10.3. The van der Waals surface area contributed by atoms with E-state index in [2.05, 4.69) is 10.3 Å². The van der Waals surface area contributed by atoms with Crippen molar-refractivity contribution in [2.75, 3.05) is 13.1 Å². The van der Waals surface area contributed by atoms with Crippen molar-refractivity contribution in [1.29, 1.82) is 0 Å². The molecule has 0 amide bonds. The Bertz CT molecular complexity index is 192. The van der Waals surface area contributed by atoms with Crippen molar-refractivity contribution < 1.29 is 13.2 Å². The number of hydrogen-bond donors (Lipinski definition) is 1. The zero-order chi connectivity index (χ0) is 8.32. The Kier molecular flexibility index (Phi) is 2.16. The molecule has 0 saturated heterocycles. The Morgan fingerprint density at radius 3 is 2.82 bits per heavy atom. The number of aliphatic imine (C=N–C) groups is 1. The number of alkyl halides is 3. The van der Waals surface area contributed by atoms with Crippen LogP contribution in [0.15, 0.2) is 17.3 Å². The Morgan fingerprint density at radius 2 is 2.18 bits per heavy atom. The minimum absolute atomic E-state index is 0.168. The molecule has 0 aromatic carbocycles. The Labute approximate surface area is 61.8 Å². The average molecular weight is 164 g/mol. The van der Waals surface area contributed by atoms with E-state index in [1.54, 1.807) is 0 Å². The van der Waals surface area contributed by atoms with Gasteiger partial charge in [-0.3, -0.25) is 4.99 Å². The van der Waals surface area contributed by atoms with E-state index in [0.717, 1.165) is 6.08 Å². The van der Waals surface area contributed by atoms with Crippen LogP contribution in [-0.2, 0) is 0 Å². The minimum Gasteiger partial charge on any atom is -0.389 e. The smallest absolute Gasteiger partial charge is 0.389 e. The van der Waals surface area contributed by atoms with E-state index in [1.807, 2.05) is 0 Å². The van der Waals surface area contributed by atoms with Crippen LogP contribution in [0.4, 0.5) is 13.2 Å². The first-order valence-corrected chi connectivity index (χ1v) is 3.12. The molecule has 1 rings (SSSR count). The standard InChI is InChI=1S/C6H7F3N2/c7-6(8,9)5-1-2-10-3-4-11-5/h1-2,10H,3-4H2. The number of rotatable bonds is 0. The highest BCUT2D eigenvalue weighted by Gasteiger charge is 2.33. The van der Waals surface area contributed by atoms with Gasteiger partial charge in [0.25, 0.3) is 0 Å². The van der Waals surface area contributed by atoms with E-state index in [1.165, 1.54) is 6.20 Å². The summed E-state index contributed by atoms with van der Waals surface area (Å²) in [6.07, 6.45) is -2.12. The summed E-state index contributed by atoms with van der Waals surface area (Å²) in [5.41, 5.74) is -0.817. The Hall–Kier alpha value is -1.00. The maximum absolute atomic E-state index is 11.9. The van der Waals surface area contributed by atoms with Gasteiger partial charge in [-0.05, 0) is 12.3 Å². The molecule has 0 saturated carbocycles. The molecule has 5 heteroatoms. The normalized spacial score (nSPS) is 18.6. The molecule has 62 valence electrons. The molecule has 0 radical (unpaired) electrons. The maximum Gasteiger partial charge on any atom is 0.432 e. The van der Waals surface area contributed by atoms with Crippen molar-refractivity contribution in [2.24, 2.45) is 4.99 Å². The van der Waals surface area contributed by atoms with Crippen LogP contribution in [-0.4, -0.2) is 25.0 Å². The fraction of sp³-hybridized carbons (Fsp3) is 0.500. The van der Waals surface area contributed by atoms with Crippen LogP contribution in [0.5, 0.6) is 0 Å². The lowest BCUT2D eigenvalue weighted by molar-refractivity contribution is -0.0578. The van der Waals surface area contributed by atoms with Gasteiger partial charge in [0.1, 0.15) is 5.71 Å². The van der Waals surface area contributed by atoms with Gasteiger partial charge in [-0.15, -0.1) is 0 Å². The van der Waals surface area contributed by atoms with Gasteiger partial charge in [-0.25, -0.2) is 0 Å². The van der Waals surface area contributed by atoms with Gasteiger partial charge in [-0.2, -0.15) is 13.2 Å². The van der Waals surface area contributed by atoms with Crippen molar-refractivity contribution in [1.82, 2.24) is 5.32 Å². The molecule has 1 N–H and O–H groups in total. The third kappa shape index (κ3) is 2.25. The fourth-order valence-corrected chi connectivity index (χ4v) is 0.699. The lowest BCUT2D eigenvalue weighted by Gasteiger charge is -2.03. The molecule has 0 bridgehead atoms. The first-order chi connectivity index (χ1) is 5.11. The van der Waals surface area contributed by atoms with E-state index in [-0.39, 0.29) is 6.54 Å². The van der Waals surface area contributed by atoms with E-state index >= 15 is 0 Å². The topological polar surface area (TPSA) is 24.4 Å². The van der Waals surface area contributed by atoms with Gasteiger partial charge in [0.05, 0.1) is 6.54 Å². The molecular weight excluding hydrogens is 157 g/mol. The maximum atomic E-state index is 11.9. The highest BCUT2D eigenvalue weighted by atomic mass is 19.4. The second kappa shape index (κ2) is 2.94. The van der Waals surface area contributed by atoms with Gasteiger partial charge >= 0.3 is 6.18 Å². The third-order valence-corrected chi connectivity index (χ3v) is 1.19. The fourth-order valence-electron chi connectivity index (χ4n) is 0.699. The van der Waals surface area contributed by atoms with Crippen LogP contribution in [0.25, 0.3) is 0 Å². The summed E-state index contributed by atoms with van der Waals surface area (Å²) < 4.78 is 35.7. The van der Waals surface area contributed by atoms with Crippen LogP contribution < -0.4 is 5.32 Å². The summed E-state index contributed by atoms with van der Waals surface area (Å²) in [7, 11) is 0. The third-order valence-electron chi connectivity index (χ3n) is 1.19. The average Bonchev–Trinajstić information content (AvgIpc) is 2.10. The molecule has 0 aromatic rings. The number of hydrogen-bond acceptors (Lipinski definition) is 2. The van der Waals surface area contributed by atoms with E-state index in [9.17, 15) is 13.2 Å². The van der Waals surface area contributed by atoms with Crippen molar-refractivity contribution in [3.8, 4) is 0 Å². The number of nitrogens with zero attached hydrogens (tertiary/aromatic N) is 1. The Balaban J connectivity index is 2.75. The molecule has 0 atom stereocenters. The Morgan fingerprint density at radius 1 is 1.45 bits per heavy atom. The summed E-state index contributed by atoms with van der Waals surface area (Å²) in [6.45, 7) is 0.623. The monoisotopic (exact) mass is 164 g/mol. The molecule has 0 aliphatic carbocycles. The van der Waals surface area contributed by atoms with Crippen LogP contribution >= 0.6 is 0 Å². The second-order valence-electron chi connectivity index (χ2n) is 2.05. The van der Waals surface area contributed by atoms with Gasteiger partial charge in [0.15, 0.2) is 0 Å². The quantitative estimate of drug-likeness (QED) is 0.569. The molecular formula is C6H7F3N2. The van der Waals surface area contributed by atoms with Crippen molar-refractivity contribution >= 4 is 5.71 Å². The predicted molar refractivity (Wildman–Crippen MR) is 35.5 cm³/mol. The summed E-state index contributed by atoms with van der Waals surface area (Å²) in [5, 5.41) is 2.65. The number of allylic oxidation sites excluding steroid dienone is 1. The summed E-state index contributed by atoms with van der Waals surface area (Å²) in [6, 6.07) is 0. The molecule has 2 nitrogen and oxygen atoms in total. The molecule has 1 aliphatic rings. The van der Waals surface area contributed by atoms with Gasteiger partial charge in [0, 0.05) is 6.54 Å². The largest absolute Gasteiger partial charge is 0.432 e. The molecule has 11 heavy (non-hydrogen) atoms. The molecule has 1 heterocycles. The van der Waals surface area contributed by atoms with Crippen LogP contribution in [0.3, 0.4) is 0 Å². The number of nitrogens with one attached hydrogen (secondary N) is 1. The summed E-state index contributed by atoms with van der Waals surface area (Å²) >= 11 is 0. The molecule has 1 aliphatic heterocycles. The first kappa shape index (κ1) is 8.10. The van der Waals surface area contributed by atoms with E-state index in [0.29, 0.717) is 6.54 Å². The highest BCUT2D eigenvalue weighted by molar-refractivity contribution is 5.99. The second-order valence-corrected chi connectivity index (χ2v) is 2.05. The molecule has 0 aromatic heterocycles. The van der Waals surface area contributed by atoms with Gasteiger partial charge < -0.3 is 5.32 Å². The lowest BCUT2D eigenvalue weighted by Crippen LogP contribution is -2.20. The van der Waals surface area contributed by atoms with Crippen LogP contribution in [0, 0.1) is 0 Å². The van der Waals surface area contributed by atoms with E-state index in [4.69, 9.17) is 0 Å². The predicted octanol–water partition coefficient (Wildman–Crippen LogP) is 1.11. The molecule has 0 spiro atoms. The van der Waals surface area contributed by atoms with Crippen LogP contribution in [0.1, 0.15) is 0 Å². The number of halogens is 3. The zero-order valence-corrected chi connectivity index (χ0v) is 5.65. The van der Waals surface area contributed by atoms with Crippen molar-refractivity contribution in [3.05, 3.63) is 12.3 Å². The minimum atomic E-state index is -4.32. The van der Waals surface area contributed by atoms with Gasteiger partial charge in [-0.1, -0.05) is 0 Å². The molecule has 0 unspecified atom stereocenters. The van der Waals surface area contributed by atoms with E-state index < -0.39 is 11.9 Å². The summed E-state index contributed by atoms with van der Waals surface area (Å²) in [5.74, 6) is 0. The van der Waals surface area contributed by atoms with Crippen LogP contribution in [0.2, 0.25) is 0 Å². The molecule has 0 fully saturated rings. The summed E-state index contributed by atoms with van der Waals surface area (Å²) in [4.78, 5) is 3.34. The van der Waals surface area contributed by atoms with Crippen molar-refractivity contribution in [3.63, 3.8) is 0 Å². The highest BCUT2D eigenvalue weighted by Crippen LogP contribution is 2.18. The first-order valence-electron chi connectivity index (χ1n) is 3.12. The van der Waals surface area contributed by atoms with Gasteiger partial charge in [0.2, 0.25) is 0 Å². The SMILES string of the molecule is FC(F)(F)C1=NCCNC=C1. The zero-order valence-electron chi connectivity index (χ0n) is 5.65. The van der Waals surface area contributed by atoms with Crippen molar-refractivity contribution in [2.45, 2.75) is 6.18 Å².